The van der Waals surface area contributed by atoms with Crippen LogP contribution in [-0.2, 0) is 4.79 Å². The lowest BCUT2D eigenvalue weighted by molar-refractivity contribution is -0.126. The van der Waals surface area contributed by atoms with Gasteiger partial charge in [0.15, 0.2) is 0 Å². The molecule has 0 atom stereocenters. The maximum atomic E-state index is 13.8. The minimum absolute atomic E-state index is 0.00390. The molecular weight excluding hydrogens is 448 g/mol. The predicted molar refractivity (Wildman–Crippen MR) is 142 cm³/mol. The van der Waals surface area contributed by atoms with E-state index in [2.05, 4.69) is 37.4 Å². The molecule has 2 fully saturated rings. The number of nitrogens with one attached hydrogen (secondary N) is 1. The molecule has 0 spiro atoms. The zero-order valence-corrected chi connectivity index (χ0v) is 21.4. The quantitative estimate of drug-likeness (QED) is 0.523. The van der Waals surface area contributed by atoms with Crippen molar-refractivity contribution in [1.82, 2.24) is 20.0 Å². The van der Waals surface area contributed by atoms with Crippen molar-refractivity contribution in [2.24, 2.45) is 5.92 Å². The number of carbonyl (C=O) groups excluding carboxylic acids is 2. The first-order valence-electron chi connectivity index (χ1n) is 13.3. The normalized spacial score (nSPS) is 17.2. The third kappa shape index (κ3) is 5.23. The highest BCUT2D eigenvalue weighted by Gasteiger charge is 2.30. The highest BCUT2D eigenvalue weighted by atomic mass is 16.2. The number of aromatic nitrogens is 2. The Bertz CT molecular complexity index is 1220. The molecule has 1 saturated heterocycles. The van der Waals surface area contributed by atoms with Crippen LogP contribution < -0.4 is 5.32 Å². The van der Waals surface area contributed by atoms with Crippen molar-refractivity contribution < 1.29 is 9.59 Å². The molecular formula is C30H36N4O2. The fourth-order valence-electron chi connectivity index (χ4n) is 5.60. The Balaban J connectivity index is 1.34. The molecule has 6 heteroatoms. The van der Waals surface area contributed by atoms with Gasteiger partial charge in [-0.15, -0.1) is 0 Å². The molecule has 6 nitrogen and oxygen atoms in total. The van der Waals surface area contributed by atoms with Crippen LogP contribution in [0.15, 0.2) is 54.7 Å². The zero-order valence-electron chi connectivity index (χ0n) is 21.4. The minimum atomic E-state index is 0.00390. The molecule has 2 amide bonds. The van der Waals surface area contributed by atoms with Crippen LogP contribution >= 0.6 is 0 Å². The van der Waals surface area contributed by atoms with Gasteiger partial charge in [0.1, 0.15) is 5.69 Å². The maximum Gasteiger partial charge on any atom is 0.257 e. The van der Waals surface area contributed by atoms with Gasteiger partial charge in [-0.2, -0.15) is 5.10 Å². The van der Waals surface area contributed by atoms with Gasteiger partial charge in [0, 0.05) is 36.8 Å². The average molecular weight is 485 g/mol. The van der Waals surface area contributed by atoms with E-state index in [0.29, 0.717) is 24.3 Å². The van der Waals surface area contributed by atoms with Gasteiger partial charge >= 0.3 is 0 Å². The Morgan fingerprint density at radius 3 is 2.33 bits per heavy atom. The summed E-state index contributed by atoms with van der Waals surface area (Å²) < 4.78 is 1.80. The van der Waals surface area contributed by atoms with E-state index in [-0.39, 0.29) is 23.8 Å². The van der Waals surface area contributed by atoms with Gasteiger partial charge in [0.05, 0.1) is 11.3 Å². The molecule has 0 radical (unpaired) electrons. The van der Waals surface area contributed by atoms with E-state index >= 15 is 0 Å². The second-order valence-corrected chi connectivity index (χ2v) is 10.4. The molecule has 0 bridgehead atoms. The molecule has 1 aliphatic heterocycles. The molecule has 5 rings (SSSR count). The lowest BCUT2D eigenvalue weighted by atomic mass is 9.88. The van der Waals surface area contributed by atoms with Crippen molar-refractivity contribution in [3.8, 4) is 16.9 Å². The van der Waals surface area contributed by atoms with Gasteiger partial charge < -0.3 is 10.2 Å². The van der Waals surface area contributed by atoms with Crippen LogP contribution in [0.2, 0.25) is 0 Å². The van der Waals surface area contributed by atoms with Crippen molar-refractivity contribution in [2.45, 2.75) is 64.8 Å². The van der Waals surface area contributed by atoms with Gasteiger partial charge in [0.25, 0.3) is 5.91 Å². The highest BCUT2D eigenvalue weighted by Crippen LogP contribution is 2.29. The molecule has 2 aromatic carbocycles. The van der Waals surface area contributed by atoms with Crippen molar-refractivity contribution >= 4 is 11.8 Å². The number of likely N-dealkylation sites (tertiary alicyclic amines) is 1. The first kappa shape index (κ1) is 24.3. The fraction of sp³-hybridized carbons (Fsp3) is 0.433. The van der Waals surface area contributed by atoms with Gasteiger partial charge in [-0.1, -0.05) is 61.2 Å². The van der Waals surface area contributed by atoms with E-state index in [0.717, 1.165) is 55.3 Å². The smallest absolute Gasteiger partial charge is 0.257 e. The third-order valence-corrected chi connectivity index (χ3v) is 7.71. The van der Waals surface area contributed by atoms with Crippen LogP contribution in [0.4, 0.5) is 0 Å². The van der Waals surface area contributed by atoms with Crippen molar-refractivity contribution in [1.29, 1.82) is 0 Å². The number of benzene rings is 2. The number of amides is 2. The monoisotopic (exact) mass is 484 g/mol. The SMILES string of the molecule is Cc1ccc(-c2nn(-c3ccccc3)cc2C(=O)N2CCC(NC(=O)C3CCCCC3)CC2)c(C)c1. The van der Waals surface area contributed by atoms with E-state index in [1.807, 2.05) is 41.4 Å². The number of hydrogen-bond acceptors (Lipinski definition) is 3. The van der Waals surface area contributed by atoms with Crippen molar-refractivity contribution in [2.75, 3.05) is 13.1 Å². The molecule has 1 N–H and O–H groups in total. The molecule has 2 aliphatic rings. The molecule has 2 heterocycles. The summed E-state index contributed by atoms with van der Waals surface area (Å²) >= 11 is 0. The third-order valence-electron chi connectivity index (χ3n) is 7.71. The van der Waals surface area contributed by atoms with Crippen LogP contribution in [-0.4, -0.2) is 45.6 Å². The summed E-state index contributed by atoms with van der Waals surface area (Å²) in [5.41, 5.74) is 5.53. The largest absolute Gasteiger partial charge is 0.353 e. The molecule has 188 valence electrons. The van der Waals surface area contributed by atoms with Crippen molar-refractivity contribution in [3.63, 3.8) is 0 Å². The number of para-hydroxylation sites is 1. The predicted octanol–water partition coefficient (Wildman–Crippen LogP) is 5.46. The highest BCUT2D eigenvalue weighted by molar-refractivity contribution is 6.00. The Morgan fingerprint density at radius 1 is 0.917 bits per heavy atom. The standard InChI is InChI=1S/C30H36N4O2/c1-21-13-14-26(22(2)19-21)28-27(20-34(32-28)25-11-7-4-8-12-25)30(36)33-17-15-24(16-18-33)31-29(35)23-9-5-3-6-10-23/h4,7-8,11-14,19-20,23-24H,3,5-6,9-10,15-18H2,1-2H3,(H,31,35). The van der Waals surface area contributed by atoms with Gasteiger partial charge in [-0.25, -0.2) is 4.68 Å². The van der Waals surface area contributed by atoms with Gasteiger partial charge in [-0.3, -0.25) is 9.59 Å². The van der Waals surface area contributed by atoms with Crippen molar-refractivity contribution in [3.05, 3.63) is 71.4 Å². The van der Waals surface area contributed by atoms with E-state index in [1.54, 1.807) is 4.68 Å². The molecule has 36 heavy (non-hydrogen) atoms. The van der Waals surface area contributed by atoms with Crippen LogP contribution in [0.1, 0.15) is 66.4 Å². The molecule has 1 saturated carbocycles. The van der Waals surface area contributed by atoms with E-state index in [1.165, 1.54) is 12.0 Å². The number of hydrogen-bond donors (Lipinski definition) is 1. The van der Waals surface area contributed by atoms with Crippen LogP contribution in [0.25, 0.3) is 16.9 Å². The first-order chi connectivity index (χ1) is 17.5. The number of aryl methyl sites for hydroxylation is 2. The number of rotatable bonds is 5. The van der Waals surface area contributed by atoms with Crippen LogP contribution in [0, 0.1) is 19.8 Å². The first-order valence-corrected chi connectivity index (χ1v) is 13.3. The van der Waals surface area contributed by atoms with Crippen LogP contribution in [0.3, 0.4) is 0 Å². The maximum absolute atomic E-state index is 13.8. The number of piperidine rings is 1. The molecule has 1 aromatic heterocycles. The summed E-state index contributed by atoms with van der Waals surface area (Å²) in [7, 11) is 0. The van der Waals surface area contributed by atoms with E-state index < -0.39 is 0 Å². The second kappa shape index (κ2) is 10.7. The summed E-state index contributed by atoms with van der Waals surface area (Å²) in [6.07, 6.45) is 9.02. The second-order valence-electron chi connectivity index (χ2n) is 10.4. The lowest BCUT2D eigenvalue weighted by Gasteiger charge is -2.33. The van der Waals surface area contributed by atoms with Gasteiger partial charge in [-0.05, 0) is 57.2 Å². The van der Waals surface area contributed by atoms with E-state index in [9.17, 15) is 9.59 Å². The number of nitrogens with zero attached hydrogens (tertiary/aromatic N) is 3. The molecule has 0 unspecified atom stereocenters. The minimum Gasteiger partial charge on any atom is -0.353 e. The summed E-state index contributed by atoms with van der Waals surface area (Å²) in [6.45, 7) is 5.41. The number of carbonyl (C=O) groups is 2. The molecule has 1 aliphatic carbocycles. The summed E-state index contributed by atoms with van der Waals surface area (Å²) in [4.78, 5) is 28.4. The summed E-state index contributed by atoms with van der Waals surface area (Å²) in [5, 5.41) is 8.15. The Morgan fingerprint density at radius 2 is 1.64 bits per heavy atom. The average Bonchev–Trinajstić information content (AvgIpc) is 3.35. The Labute approximate surface area is 213 Å². The van der Waals surface area contributed by atoms with Gasteiger partial charge in [0.2, 0.25) is 5.91 Å². The topological polar surface area (TPSA) is 67.2 Å². The fourth-order valence-corrected chi connectivity index (χ4v) is 5.60. The molecule has 3 aromatic rings. The summed E-state index contributed by atoms with van der Waals surface area (Å²) in [6, 6.07) is 16.3. The lowest BCUT2D eigenvalue weighted by Crippen LogP contribution is -2.48. The van der Waals surface area contributed by atoms with Crippen LogP contribution in [0.5, 0.6) is 0 Å². The zero-order chi connectivity index (χ0) is 25.1. The van der Waals surface area contributed by atoms with E-state index in [4.69, 9.17) is 5.10 Å². The Hall–Kier alpha value is -3.41. The Kier molecular flexibility index (Phi) is 7.21. The summed E-state index contributed by atoms with van der Waals surface area (Å²) in [5.74, 6) is 0.382.